The molecule has 7 heteroatoms. The summed E-state index contributed by atoms with van der Waals surface area (Å²) >= 11 is 0. The first kappa shape index (κ1) is 16.1. The molecule has 1 aliphatic rings. The fourth-order valence-electron chi connectivity index (χ4n) is 2.99. The number of fused-ring (bicyclic) bond motifs is 4. The molecule has 3 heterocycles. The Morgan fingerprint density at radius 3 is 2.88 bits per heavy atom. The lowest BCUT2D eigenvalue weighted by atomic mass is 10.1. The van der Waals surface area contributed by atoms with E-state index in [4.69, 9.17) is 19.2 Å². The predicted octanol–water partition coefficient (Wildman–Crippen LogP) is 2.59. The zero-order valence-electron chi connectivity index (χ0n) is 14.5. The molecule has 4 rings (SSSR count). The Morgan fingerprint density at radius 2 is 1.96 bits per heavy atom. The maximum Gasteiger partial charge on any atom is 0.135 e. The van der Waals surface area contributed by atoms with E-state index in [1.807, 2.05) is 32.2 Å². The molecule has 0 saturated heterocycles. The van der Waals surface area contributed by atoms with Crippen molar-refractivity contribution in [1.82, 2.24) is 19.7 Å². The van der Waals surface area contributed by atoms with Crippen LogP contribution < -0.4 is 4.74 Å². The van der Waals surface area contributed by atoms with E-state index in [0.717, 1.165) is 46.0 Å². The van der Waals surface area contributed by atoms with Crippen molar-refractivity contribution in [2.45, 2.75) is 20.0 Å². The Bertz CT molecular complexity index is 884. The maximum atomic E-state index is 5.85. The first-order chi connectivity index (χ1) is 12.2. The second-order valence-corrected chi connectivity index (χ2v) is 6.17. The van der Waals surface area contributed by atoms with Gasteiger partial charge in [-0.15, -0.1) is 0 Å². The molecule has 0 unspecified atom stereocenters. The lowest BCUT2D eigenvalue weighted by molar-refractivity contribution is 0.0340. The molecule has 0 atom stereocenters. The molecule has 1 aromatic carbocycles. The summed E-state index contributed by atoms with van der Waals surface area (Å²) in [6.45, 7) is 4.90. The molecule has 7 nitrogen and oxygen atoms in total. The molecule has 4 bridgehead atoms. The first-order valence-electron chi connectivity index (χ1n) is 8.53. The van der Waals surface area contributed by atoms with Crippen LogP contribution in [0.1, 0.15) is 17.9 Å². The number of nitrogens with one attached hydrogen (secondary N) is 1. The topological polar surface area (TPSA) is 74.2 Å². The lowest BCUT2D eigenvalue weighted by Gasteiger charge is -2.08. The van der Waals surface area contributed by atoms with Gasteiger partial charge in [0, 0.05) is 31.2 Å². The van der Waals surface area contributed by atoms with Crippen molar-refractivity contribution in [3.63, 3.8) is 0 Å². The average molecular weight is 342 g/mol. The lowest BCUT2D eigenvalue weighted by Crippen LogP contribution is -2.09. The van der Waals surface area contributed by atoms with E-state index in [-0.39, 0.29) is 0 Å². The SMILES string of the molecule is Cc1c2nc(n1C)COCCOCCCOc1ccc3[nH]nc-2c3c1. The standard InChI is InChI=1S/C18H22N4O3/c1-12-17-18-14-10-13(4-5-15(14)20-21-18)25-7-3-6-23-8-9-24-11-16(19-17)22(12)2/h4-5,10H,3,6-9,11H2,1-2H3,(H,20,21). The van der Waals surface area contributed by atoms with E-state index in [0.29, 0.717) is 33.0 Å². The van der Waals surface area contributed by atoms with E-state index in [1.165, 1.54) is 0 Å². The van der Waals surface area contributed by atoms with Crippen LogP contribution in [0.15, 0.2) is 18.2 Å². The largest absolute Gasteiger partial charge is 0.493 e. The molecule has 0 spiro atoms. The molecule has 0 amide bonds. The van der Waals surface area contributed by atoms with Crippen LogP contribution in [0.5, 0.6) is 5.75 Å². The molecule has 1 N–H and O–H groups in total. The summed E-state index contributed by atoms with van der Waals surface area (Å²) in [5, 5.41) is 8.59. The Labute approximate surface area is 145 Å². The van der Waals surface area contributed by atoms with E-state index in [9.17, 15) is 0 Å². The van der Waals surface area contributed by atoms with Gasteiger partial charge in [0.15, 0.2) is 0 Å². The van der Waals surface area contributed by atoms with Gasteiger partial charge in [-0.05, 0) is 25.1 Å². The van der Waals surface area contributed by atoms with Crippen molar-refractivity contribution < 1.29 is 14.2 Å². The summed E-state index contributed by atoms with van der Waals surface area (Å²) < 4.78 is 19.2. The van der Waals surface area contributed by atoms with E-state index >= 15 is 0 Å². The highest BCUT2D eigenvalue weighted by Gasteiger charge is 2.18. The van der Waals surface area contributed by atoms with Crippen molar-refractivity contribution in [1.29, 1.82) is 0 Å². The fourth-order valence-corrected chi connectivity index (χ4v) is 2.99. The molecule has 3 aromatic rings. The normalized spacial score (nSPS) is 16.2. The zero-order valence-corrected chi connectivity index (χ0v) is 14.5. The molecule has 0 radical (unpaired) electrons. The highest BCUT2D eigenvalue weighted by molar-refractivity contribution is 5.93. The Morgan fingerprint density at radius 1 is 1.08 bits per heavy atom. The number of ether oxygens (including phenoxy) is 3. The Hall–Kier alpha value is -2.38. The minimum Gasteiger partial charge on any atom is -0.493 e. The molecule has 2 aromatic heterocycles. The van der Waals surface area contributed by atoms with Crippen LogP contribution in [0.2, 0.25) is 0 Å². The van der Waals surface area contributed by atoms with Gasteiger partial charge >= 0.3 is 0 Å². The monoisotopic (exact) mass is 342 g/mol. The minimum absolute atomic E-state index is 0.456. The fraction of sp³-hybridized carbons (Fsp3) is 0.444. The van der Waals surface area contributed by atoms with Gasteiger partial charge in [-0.2, -0.15) is 5.10 Å². The highest BCUT2D eigenvalue weighted by Crippen LogP contribution is 2.31. The number of rotatable bonds is 0. The molecule has 132 valence electrons. The summed E-state index contributed by atoms with van der Waals surface area (Å²) in [5.41, 5.74) is 3.73. The van der Waals surface area contributed by atoms with Gasteiger partial charge in [0.2, 0.25) is 0 Å². The van der Waals surface area contributed by atoms with Crippen molar-refractivity contribution in [3.8, 4) is 17.1 Å². The number of H-pyrrole nitrogens is 1. The van der Waals surface area contributed by atoms with Gasteiger partial charge in [-0.1, -0.05) is 0 Å². The third-order valence-electron chi connectivity index (χ3n) is 4.54. The van der Waals surface area contributed by atoms with Crippen molar-refractivity contribution in [3.05, 3.63) is 29.7 Å². The molecule has 1 aliphatic heterocycles. The number of benzene rings is 1. The van der Waals surface area contributed by atoms with Gasteiger partial charge in [-0.25, -0.2) is 4.98 Å². The molecular weight excluding hydrogens is 320 g/mol. The molecule has 0 aliphatic carbocycles. The minimum atomic E-state index is 0.456. The number of hydrogen-bond acceptors (Lipinski definition) is 5. The smallest absolute Gasteiger partial charge is 0.135 e. The number of nitrogens with zero attached hydrogens (tertiary/aromatic N) is 3. The van der Waals surface area contributed by atoms with E-state index in [1.54, 1.807) is 0 Å². The summed E-state index contributed by atoms with van der Waals surface area (Å²) in [6.07, 6.45) is 0.843. The molecule has 25 heavy (non-hydrogen) atoms. The quantitative estimate of drug-likeness (QED) is 0.680. The molecular formula is C18H22N4O3. The van der Waals surface area contributed by atoms with Crippen molar-refractivity contribution in [2.75, 3.05) is 26.4 Å². The maximum absolute atomic E-state index is 5.85. The van der Waals surface area contributed by atoms with Crippen LogP contribution >= 0.6 is 0 Å². The van der Waals surface area contributed by atoms with Crippen molar-refractivity contribution >= 4 is 10.9 Å². The highest BCUT2D eigenvalue weighted by atomic mass is 16.5. The number of hydrogen-bond donors (Lipinski definition) is 1. The predicted molar refractivity (Wildman–Crippen MR) is 93.6 cm³/mol. The van der Waals surface area contributed by atoms with Crippen LogP contribution in [0.3, 0.4) is 0 Å². The third kappa shape index (κ3) is 3.12. The summed E-state index contributed by atoms with van der Waals surface area (Å²) in [7, 11) is 2.00. The van der Waals surface area contributed by atoms with Gasteiger partial charge < -0.3 is 18.8 Å². The van der Waals surface area contributed by atoms with E-state index in [2.05, 4.69) is 14.8 Å². The summed E-state index contributed by atoms with van der Waals surface area (Å²) in [4.78, 5) is 4.76. The van der Waals surface area contributed by atoms with Gasteiger partial charge in [0.25, 0.3) is 0 Å². The number of aromatic amines is 1. The summed E-state index contributed by atoms with van der Waals surface area (Å²) in [6, 6.07) is 5.97. The number of imidazole rings is 1. The van der Waals surface area contributed by atoms with Gasteiger partial charge in [-0.3, -0.25) is 5.10 Å². The van der Waals surface area contributed by atoms with Crippen LogP contribution in [0.4, 0.5) is 0 Å². The second kappa shape index (κ2) is 6.85. The average Bonchev–Trinajstić information content (AvgIpc) is 3.15. The first-order valence-corrected chi connectivity index (χ1v) is 8.53. The molecule has 0 fully saturated rings. The Kier molecular flexibility index (Phi) is 4.42. The zero-order chi connectivity index (χ0) is 17.2. The van der Waals surface area contributed by atoms with Crippen LogP contribution in [0.25, 0.3) is 22.3 Å². The van der Waals surface area contributed by atoms with E-state index < -0.39 is 0 Å². The molecule has 0 saturated carbocycles. The van der Waals surface area contributed by atoms with Crippen molar-refractivity contribution in [2.24, 2.45) is 7.05 Å². The van der Waals surface area contributed by atoms with Gasteiger partial charge in [0.05, 0.1) is 25.3 Å². The van der Waals surface area contributed by atoms with Crippen LogP contribution in [-0.2, 0) is 23.1 Å². The number of aromatic nitrogens is 4. The van der Waals surface area contributed by atoms with Crippen LogP contribution in [0, 0.1) is 6.92 Å². The Balaban J connectivity index is 1.78. The van der Waals surface area contributed by atoms with Gasteiger partial charge in [0.1, 0.15) is 29.6 Å². The van der Waals surface area contributed by atoms with Crippen LogP contribution in [-0.4, -0.2) is 46.2 Å². The third-order valence-corrected chi connectivity index (χ3v) is 4.54. The summed E-state index contributed by atoms with van der Waals surface area (Å²) in [5.74, 6) is 1.71. The second-order valence-electron chi connectivity index (χ2n) is 6.17.